The fourth-order valence-corrected chi connectivity index (χ4v) is 2.32. The molecule has 0 bridgehead atoms. The third-order valence-corrected chi connectivity index (χ3v) is 3.39. The minimum atomic E-state index is -0.933. The minimum Gasteiger partial charge on any atom is -0.480 e. The largest absolute Gasteiger partial charge is 0.480 e. The highest BCUT2D eigenvalue weighted by atomic mass is 35.5. The van der Waals surface area contributed by atoms with Crippen molar-refractivity contribution in [2.24, 2.45) is 0 Å². The highest BCUT2D eigenvalue weighted by Crippen LogP contribution is 2.20. The first-order valence-electron chi connectivity index (χ1n) is 5.89. The van der Waals surface area contributed by atoms with Crippen molar-refractivity contribution in [3.63, 3.8) is 0 Å². The van der Waals surface area contributed by atoms with Crippen LogP contribution in [-0.4, -0.2) is 34.5 Å². The number of piperidine rings is 1. The van der Waals surface area contributed by atoms with Crippen LogP contribution >= 0.6 is 11.6 Å². The van der Waals surface area contributed by atoms with Crippen LogP contribution in [0.2, 0.25) is 5.02 Å². The first kappa shape index (κ1) is 12.9. The van der Waals surface area contributed by atoms with Crippen LogP contribution in [0, 0.1) is 0 Å². The number of halogens is 1. The Hall–Kier alpha value is -1.55. The zero-order chi connectivity index (χ0) is 13.1. The Balaban J connectivity index is 2.20. The van der Waals surface area contributed by atoms with Crippen molar-refractivity contribution >= 4 is 23.5 Å². The average Bonchev–Trinajstić information content (AvgIpc) is 2.39. The summed E-state index contributed by atoms with van der Waals surface area (Å²) in [5, 5.41) is 9.69. The van der Waals surface area contributed by atoms with Crippen LogP contribution in [0.15, 0.2) is 24.3 Å². The first-order valence-corrected chi connectivity index (χ1v) is 6.27. The number of likely N-dealkylation sites (tertiary alicyclic amines) is 1. The maximum atomic E-state index is 12.2. The number of amides is 1. The van der Waals surface area contributed by atoms with Crippen molar-refractivity contribution in [2.45, 2.75) is 25.3 Å². The summed E-state index contributed by atoms with van der Waals surface area (Å²) in [6.45, 7) is 0.498. The van der Waals surface area contributed by atoms with Crippen LogP contribution in [0.1, 0.15) is 29.6 Å². The quantitative estimate of drug-likeness (QED) is 0.895. The molecule has 96 valence electrons. The van der Waals surface area contributed by atoms with Gasteiger partial charge in [-0.3, -0.25) is 4.79 Å². The minimum absolute atomic E-state index is 0.237. The average molecular weight is 268 g/mol. The van der Waals surface area contributed by atoms with E-state index >= 15 is 0 Å². The van der Waals surface area contributed by atoms with Gasteiger partial charge in [0.05, 0.1) is 0 Å². The molecule has 1 fully saturated rings. The van der Waals surface area contributed by atoms with Gasteiger partial charge in [0.25, 0.3) is 5.91 Å². The summed E-state index contributed by atoms with van der Waals surface area (Å²) in [5.74, 6) is -1.17. The van der Waals surface area contributed by atoms with Crippen LogP contribution in [-0.2, 0) is 4.79 Å². The van der Waals surface area contributed by atoms with E-state index in [1.54, 1.807) is 24.3 Å². The molecule has 1 atom stereocenters. The van der Waals surface area contributed by atoms with E-state index in [0.717, 1.165) is 12.8 Å². The molecule has 1 aliphatic rings. The zero-order valence-corrected chi connectivity index (χ0v) is 10.6. The van der Waals surface area contributed by atoms with Crippen LogP contribution < -0.4 is 0 Å². The van der Waals surface area contributed by atoms with Gasteiger partial charge >= 0.3 is 5.97 Å². The van der Waals surface area contributed by atoms with Gasteiger partial charge in [-0.1, -0.05) is 11.6 Å². The van der Waals surface area contributed by atoms with Crippen LogP contribution in [0.5, 0.6) is 0 Å². The predicted octanol–water partition coefficient (Wildman–Crippen LogP) is 2.42. The second-order valence-electron chi connectivity index (χ2n) is 4.36. The maximum absolute atomic E-state index is 12.2. The van der Waals surface area contributed by atoms with E-state index in [2.05, 4.69) is 0 Å². The van der Waals surface area contributed by atoms with Crippen molar-refractivity contribution in [1.29, 1.82) is 0 Å². The molecule has 0 aromatic heterocycles. The number of hydrogen-bond acceptors (Lipinski definition) is 2. The molecule has 0 aliphatic carbocycles. The lowest BCUT2D eigenvalue weighted by Gasteiger charge is -2.33. The van der Waals surface area contributed by atoms with Crippen molar-refractivity contribution in [3.8, 4) is 0 Å². The van der Waals surface area contributed by atoms with E-state index in [9.17, 15) is 9.59 Å². The molecule has 4 nitrogen and oxygen atoms in total. The molecule has 5 heteroatoms. The Morgan fingerprint density at radius 3 is 2.50 bits per heavy atom. The van der Waals surface area contributed by atoms with E-state index < -0.39 is 12.0 Å². The first-order chi connectivity index (χ1) is 8.59. The number of carbonyl (C=O) groups is 2. The number of rotatable bonds is 2. The van der Waals surface area contributed by atoms with Gasteiger partial charge < -0.3 is 10.0 Å². The smallest absolute Gasteiger partial charge is 0.326 e. The molecule has 1 saturated heterocycles. The number of carbonyl (C=O) groups excluding carboxylic acids is 1. The third kappa shape index (κ3) is 2.64. The van der Waals surface area contributed by atoms with Crippen LogP contribution in [0.25, 0.3) is 0 Å². The molecule has 1 aromatic carbocycles. The van der Waals surface area contributed by atoms with Gasteiger partial charge in [-0.05, 0) is 43.5 Å². The lowest BCUT2D eigenvalue weighted by molar-refractivity contribution is -0.143. The van der Waals surface area contributed by atoms with Gasteiger partial charge in [0.2, 0.25) is 0 Å². The molecule has 0 radical (unpaired) electrons. The summed E-state index contributed by atoms with van der Waals surface area (Å²) in [6.07, 6.45) is 2.22. The monoisotopic (exact) mass is 267 g/mol. The standard InChI is InChI=1S/C13H14ClNO3/c14-10-6-4-9(5-7-10)12(16)15-8-2-1-3-11(15)13(17)18/h4-7,11H,1-3,8H2,(H,17,18)/t11-/m1/s1. The molecular formula is C13H14ClNO3. The topological polar surface area (TPSA) is 57.6 Å². The molecule has 1 heterocycles. The van der Waals surface area contributed by atoms with Gasteiger partial charge in [-0.25, -0.2) is 4.79 Å². The SMILES string of the molecule is O=C(O)[C@H]1CCCCN1C(=O)c1ccc(Cl)cc1. The number of benzene rings is 1. The Morgan fingerprint density at radius 1 is 1.22 bits per heavy atom. The molecule has 1 aromatic rings. The number of carboxylic acids is 1. The van der Waals surface area contributed by atoms with Gasteiger partial charge in [-0.15, -0.1) is 0 Å². The van der Waals surface area contributed by atoms with Crippen LogP contribution in [0.3, 0.4) is 0 Å². The molecule has 1 N–H and O–H groups in total. The van der Waals surface area contributed by atoms with E-state index in [1.165, 1.54) is 4.90 Å². The molecule has 0 spiro atoms. The Morgan fingerprint density at radius 2 is 1.89 bits per heavy atom. The number of carboxylic acid groups (broad SMARTS) is 1. The summed E-state index contributed by atoms with van der Waals surface area (Å²) in [6, 6.07) is 5.81. The van der Waals surface area contributed by atoms with E-state index in [0.29, 0.717) is 23.6 Å². The third-order valence-electron chi connectivity index (χ3n) is 3.14. The molecule has 0 unspecified atom stereocenters. The van der Waals surface area contributed by atoms with Crippen molar-refractivity contribution < 1.29 is 14.7 Å². The summed E-state index contributed by atoms with van der Waals surface area (Å²) in [7, 11) is 0. The van der Waals surface area contributed by atoms with Crippen molar-refractivity contribution in [3.05, 3.63) is 34.9 Å². The Labute approximate surface area is 110 Å². The summed E-state index contributed by atoms with van der Waals surface area (Å²) < 4.78 is 0. The van der Waals surface area contributed by atoms with E-state index in [-0.39, 0.29) is 5.91 Å². The Kier molecular flexibility index (Phi) is 3.87. The molecule has 18 heavy (non-hydrogen) atoms. The van der Waals surface area contributed by atoms with E-state index in [1.807, 2.05) is 0 Å². The van der Waals surface area contributed by atoms with E-state index in [4.69, 9.17) is 16.7 Å². The summed E-state index contributed by atoms with van der Waals surface area (Å²) >= 11 is 5.76. The van der Waals surface area contributed by atoms with Crippen molar-refractivity contribution in [1.82, 2.24) is 4.90 Å². The molecule has 1 aliphatic heterocycles. The maximum Gasteiger partial charge on any atom is 0.326 e. The second-order valence-corrected chi connectivity index (χ2v) is 4.79. The molecular weight excluding hydrogens is 254 g/mol. The fraction of sp³-hybridized carbons (Fsp3) is 0.385. The number of aliphatic carboxylic acids is 1. The van der Waals surface area contributed by atoms with Crippen LogP contribution in [0.4, 0.5) is 0 Å². The van der Waals surface area contributed by atoms with Crippen molar-refractivity contribution in [2.75, 3.05) is 6.54 Å². The number of nitrogens with zero attached hydrogens (tertiary/aromatic N) is 1. The lowest BCUT2D eigenvalue weighted by atomic mass is 10.0. The van der Waals surface area contributed by atoms with Gasteiger partial charge in [0, 0.05) is 17.1 Å². The molecule has 0 saturated carbocycles. The van der Waals surface area contributed by atoms with Gasteiger partial charge in [-0.2, -0.15) is 0 Å². The molecule has 2 rings (SSSR count). The summed E-state index contributed by atoms with van der Waals surface area (Å²) in [4.78, 5) is 24.8. The van der Waals surface area contributed by atoms with Gasteiger partial charge in [0.1, 0.15) is 6.04 Å². The number of hydrogen-bond donors (Lipinski definition) is 1. The molecule has 1 amide bonds. The van der Waals surface area contributed by atoms with Gasteiger partial charge in [0.15, 0.2) is 0 Å². The highest BCUT2D eigenvalue weighted by molar-refractivity contribution is 6.30. The Bertz CT molecular complexity index is 458. The second kappa shape index (κ2) is 5.40. The predicted molar refractivity (Wildman–Crippen MR) is 67.8 cm³/mol. The summed E-state index contributed by atoms with van der Waals surface area (Å²) in [5.41, 5.74) is 0.479. The highest BCUT2D eigenvalue weighted by Gasteiger charge is 2.32. The lowest BCUT2D eigenvalue weighted by Crippen LogP contribution is -2.47. The normalized spacial score (nSPS) is 19.6. The zero-order valence-electron chi connectivity index (χ0n) is 9.80. The fourth-order valence-electron chi connectivity index (χ4n) is 2.19.